The van der Waals surface area contributed by atoms with Crippen LogP contribution in [0.15, 0.2) is 48.6 Å². The van der Waals surface area contributed by atoms with Gasteiger partial charge in [-0.2, -0.15) is 0 Å². The number of rotatable bonds is 4. The molecule has 3 rings (SSSR count). The van der Waals surface area contributed by atoms with Gasteiger partial charge in [-0.1, -0.05) is 24.3 Å². The smallest absolute Gasteiger partial charge is 0.239 e. The van der Waals surface area contributed by atoms with Crippen LogP contribution in [0.3, 0.4) is 0 Å². The van der Waals surface area contributed by atoms with E-state index in [0.717, 1.165) is 31.7 Å². The topological polar surface area (TPSA) is 58.6 Å². The van der Waals surface area contributed by atoms with Crippen molar-refractivity contribution in [3.8, 4) is 5.75 Å². The van der Waals surface area contributed by atoms with Gasteiger partial charge < -0.3 is 15.0 Å². The van der Waals surface area contributed by atoms with Crippen molar-refractivity contribution in [2.75, 3.05) is 25.5 Å². The first kappa shape index (κ1) is 16.5. The first-order valence-electron chi connectivity index (χ1n) is 8.26. The Morgan fingerprint density at radius 2 is 2.04 bits per heavy atom. The molecule has 5 heteroatoms. The average Bonchev–Trinajstić information content (AvgIpc) is 2.58. The fourth-order valence-corrected chi connectivity index (χ4v) is 2.90. The number of anilines is 1. The van der Waals surface area contributed by atoms with Gasteiger partial charge in [0.1, 0.15) is 17.8 Å². The van der Waals surface area contributed by atoms with Crippen molar-refractivity contribution in [3.05, 3.63) is 48.6 Å². The Morgan fingerprint density at radius 1 is 1.25 bits per heavy atom. The molecule has 1 N–H and O–H groups in total. The van der Waals surface area contributed by atoms with Crippen LogP contribution < -0.4 is 10.1 Å². The van der Waals surface area contributed by atoms with Crippen LogP contribution in [-0.4, -0.2) is 42.8 Å². The molecule has 1 aliphatic carbocycles. The van der Waals surface area contributed by atoms with E-state index in [1.807, 2.05) is 18.2 Å². The van der Waals surface area contributed by atoms with Crippen LogP contribution in [0, 0.1) is 5.92 Å². The third-order valence-corrected chi connectivity index (χ3v) is 4.33. The van der Waals surface area contributed by atoms with Gasteiger partial charge in [-0.05, 0) is 38.1 Å². The number of amides is 1. The van der Waals surface area contributed by atoms with Gasteiger partial charge in [0, 0.05) is 24.8 Å². The molecule has 126 valence electrons. The third-order valence-electron chi connectivity index (χ3n) is 4.33. The number of piperidine rings is 1. The van der Waals surface area contributed by atoms with E-state index in [-0.39, 0.29) is 17.8 Å². The van der Waals surface area contributed by atoms with E-state index in [1.54, 1.807) is 24.3 Å². The van der Waals surface area contributed by atoms with Gasteiger partial charge in [0.25, 0.3) is 0 Å². The molecule has 0 bridgehead atoms. The van der Waals surface area contributed by atoms with Crippen LogP contribution in [-0.2, 0) is 9.59 Å². The Hall–Kier alpha value is -2.40. The molecule has 24 heavy (non-hydrogen) atoms. The Labute approximate surface area is 142 Å². The lowest BCUT2D eigenvalue weighted by Crippen LogP contribution is -2.35. The third kappa shape index (κ3) is 4.11. The maximum Gasteiger partial charge on any atom is 0.239 e. The number of hydrogen-bond acceptors (Lipinski definition) is 4. The monoisotopic (exact) mass is 326 g/mol. The number of benzene rings is 1. The summed E-state index contributed by atoms with van der Waals surface area (Å²) in [6.45, 7) is 2.06. The van der Waals surface area contributed by atoms with Gasteiger partial charge in [0.2, 0.25) is 5.91 Å². The van der Waals surface area contributed by atoms with E-state index in [2.05, 4.69) is 17.3 Å². The predicted molar refractivity (Wildman–Crippen MR) is 93.0 cm³/mol. The minimum atomic E-state index is -0.756. The van der Waals surface area contributed by atoms with E-state index in [4.69, 9.17) is 4.74 Å². The molecule has 1 heterocycles. The lowest BCUT2D eigenvalue weighted by molar-refractivity contribution is -0.126. The van der Waals surface area contributed by atoms with Crippen LogP contribution >= 0.6 is 0 Å². The van der Waals surface area contributed by atoms with Gasteiger partial charge in [-0.3, -0.25) is 9.59 Å². The molecule has 1 atom stereocenters. The molecule has 1 aromatic rings. The number of ether oxygens (including phenoxy) is 1. The Bertz CT molecular complexity index is 673. The summed E-state index contributed by atoms with van der Waals surface area (Å²) in [4.78, 5) is 26.3. The summed E-state index contributed by atoms with van der Waals surface area (Å²) < 4.78 is 6.02. The zero-order chi connectivity index (χ0) is 16.9. The number of hydrogen-bond donors (Lipinski definition) is 1. The summed E-state index contributed by atoms with van der Waals surface area (Å²) in [5.41, 5.74) is 0.640. The van der Waals surface area contributed by atoms with Gasteiger partial charge in [0.15, 0.2) is 5.78 Å². The van der Waals surface area contributed by atoms with E-state index < -0.39 is 5.92 Å². The lowest BCUT2D eigenvalue weighted by atomic mass is 9.98. The maximum absolute atomic E-state index is 12.3. The van der Waals surface area contributed by atoms with Crippen molar-refractivity contribution < 1.29 is 14.3 Å². The molecule has 1 fully saturated rings. The number of nitrogens with one attached hydrogen (secondary N) is 1. The minimum Gasteiger partial charge on any atom is -0.490 e. The lowest BCUT2D eigenvalue weighted by Gasteiger charge is -2.29. The van der Waals surface area contributed by atoms with Crippen molar-refractivity contribution in [1.82, 2.24) is 4.90 Å². The van der Waals surface area contributed by atoms with Crippen LogP contribution in [0.5, 0.6) is 5.75 Å². The van der Waals surface area contributed by atoms with Crippen LogP contribution in [0.2, 0.25) is 0 Å². The Balaban J connectivity index is 1.61. The summed E-state index contributed by atoms with van der Waals surface area (Å²) in [6.07, 6.45) is 8.59. The molecule has 0 radical (unpaired) electrons. The molecular formula is C19H22N2O3. The molecule has 1 aliphatic heterocycles. The van der Waals surface area contributed by atoms with Crippen LogP contribution in [0.4, 0.5) is 5.69 Å². The van der Waals surface area contributed by atoms with E-state index in [9.17, 15) is 9.59 Å². The van der Waals surface area contributed by atoms with Crippen LogP contribution in [0.25, 0.3) is 0 Å². The number of likely N-dealkylation sites (tertiary alicyclic amines) is 1. The SMILES string of the molecule is CN1CCC(Oc2cccc(NC(=O)C3C=CC=CC3=O)c2)CC1. The maximum atomic E-state index is 12.3. The van der Waals surface area contributed by atoms with Gasteiger partial charge in [0.05, 0.1) is 0 Å². The fourth-order valence-electron chi connectivity index (χ4n) is 2.90. The molecular weight excluding hydrogens is 304 g/mol. The summed E-state index contributed by atoms with van der Waals surface area (Å²) in [5.74, 6) is -0.535. The first-order chi connectivity index (χ1) is 11.6. The van der Waals surface area contributed by atoms with Crippen molar-refractivity contribution in [2.24, 2.45) is 5.92 Å². The standard InChI is InChI=1S/C19H22N2O3/c1-21-11-9-15(10-12-21)24-16-6-4-5-14(13-16)20-19(23)17-7-2-3-8-18(17)22/h2-8,13,15,17H,9-12H2,1H3,(H,20,23). The van der Waals surface area contributed by atoms with Crippen molar-refractivity contribution in [2.45, 2.75) is 18.9 Å². The molecule has 2 aliphatic rings. The highest BCUT2D eigenvalue weighted by atomic mass is 16.5. The predicted octanol–water partition coefficient (Wildman–Crippen LogP) is 2.41. The molecule has 1 saturated heterocycles. The van der Waals surface area contributed by atoms with Crippen molar-refractivity contribution in [3.63, 3.8) is 0 Å². The number of ketones is 1. The number of carbonyl (C=O) groups is 2. The Kier molecular flexibility index (Phi) is 5.11. The molecule has 0 aromatic heterocycles. The normalized spacial score (nSPS) is 21.7. The van der Waals surface area contributed by atoms with Gasteiger partial charge >= 0.3 is 0 Å². The van der Waals surface area contributed by atoms with E-state index >= 15 is 0 Å². The molecule has 0 spiro atoms. The summed E-state index contributed by atoms with van der Waals surface area (Å²) >= 11 is 0. The average molecular weight is 326 g/mol. The number of allylic oxidation sites excluding steroid dienone is 3. The number of carbonyl (C=O) groups excluding carboxylic acids is 2. The zero-order valence-corrected chi connectivity index (χ0v) is 13.8. The van der Waals surface area contributed by atoms with E-state index in [0.29, 0.717) is 5.69 Å². The Morgan fingerprint density at radius 3 is 2.79 bits per heavy atom. The molecule has 5 nitrogen and oxygen atoms in total. The molecule has 1 unspecified atom stereocenters. The van der Waals surface area contributed by atoms with Gasteiger partial charge in [-0.25, -0.2) is 0 Å². The second kappa shape index (κ2) is 7.45. The molecule has 1 amide bonds. The van der Waals surface area contributed by atoms with Crippen LogP contribution in [0.1, 0.15) is 12.8 Å². The second-order valence-electron chi connectivity index (χ2n) is 6.26. The quantitative estimate of drug-likeness (QED) is 0.863. The highest BCUT2D eigenvalue weighted by Gasteiger charge is 2.23. The summed E-state index contributed by atoms with van der Waals surface area (Å²) in [5, 5.41) is 2.79. The second-order valence-corrected chi connectivity index (χ2v) is 6.26. The first-order valence-corrected chi connectivity index (χ1v) is 8.26. The van der Waals surface area contributed by atoms with Crippen molar-refractivity contribution in [1.29, 1.82) is 0 Å². The largest absolute Gasteiger partial charge is 0.490 e. The number of nitrogens with zero attached hydrogens (tertiary/aromatic N) is 1. The minimum absolute atomic E-state index is 0.200. The van der Waals surface area contributed by atoms with E-state index in [1.165, 1.54) is 6.08 Å². The summed E-state index contributed by atoms with van der Waals surface area (Å²) in [7, 11) is 2.11. The highest BCUT2D eigenvalue weighted by molar-refractivity contribution is 6.13. The van der Waals surface area contributed by atoms with Gasteiger partial charge in [-0.15, -0.1) is 0 Å². The fraction of sp³-hybridized carbons (Fsp3) is 0.368. The van der Waals surface area contributed by atoms with Crippen molar-refractivity contribution >= 4 is 17.4 Å². The summed E-state index contributed by atoms with van der Waals surface area (Å²) in [6, 6.07) is 7.34. The highest BCUT2D eigenvalue weighted by Crippen LogP contribution is 2.22. The molecule has 1 aromatic carbocycles. The zero-order valence-electron chi connectivity index (χ0n) is 13.8. The molecule has 0 saturated carbocycles.